The van der Waals surface area contributed by atoms with Crippen molar-refractivity contribution in [1.29, 1.82) is 0 Å². The van der Waals surface area contributed by atoms with Crippen molar-refractivity contribution in [2.45, 2.75) is 37.6 Å². The monoisotopic (exact) mass is 489 g/mol. The Kier molecular flexibility index (Phi) is 7.53. The van der Waals surface area contributed by atoms with E-state index in [2.05, 4.69) is 15.5 Å². The summed E-state index contributed by atoms with van der Waals surface area (Å²) in [5, 5.41) is 13.0. The van der Waals surface area contributed by atoms with Crippen molar-refractivity contribution >= 4 is 33.0 Å². The molecule has 1 N–H and O–H groups in total. The van der Waals surface area contributed by atoms with Gasteiger partial charge in [-0.1, -0.05) is 13.0 Å². The number of thiophene rings is 1. The lowest BCUT2D eigenvalue weighted by Gasteiger charge is -2.19. The molecule has 3 aromatic rings. The van der Waals surface area contributed by atoms with Crippen LogP contribution in [-0.4, -0.2) is 59.9 Å². The summed E-state index contributed by atoms with van der Waals surface area (Å²) in [6.07, 6.45) is 2.64. The molecular weight excluding hydrogens is 462 g/mol. The lowest BCUT2D eigenvalue weighted by molar-refractivity contribution is -0.117. The van der Waals surface area contributed by atoms with Gasteiger partial charge >= 0.3 is 0 Å². The fraction of sp³-hybridized carbons (Fsp3) is 0.409. The molecule has 0 radical (unpaired) electrons. The van der Waals surface area contributed by atoms with E-state index in [9.17, 15) is 13.2 Å². The van der Waals surface area contributed by atoms with Gasteiger partial charge in [0.25, 0.3) is 5.89 Å². The second-order valence-electron chi connectivity index (χ2n) is 7.87. The predicted molar refractivity (Wildman–Crippen MR) is 126 cm³/mol. The van der Waals surface area contributed by atoms with Crippen LogP contribution in [-0.2, 0) is 21.4 Å². The van der Waals surface area contributed by atoms with Crippen LogP contribution in [0.25, 0.3) is 10.8 Å². The molecule has 1 amide bonds. The van der Waals surface area contributed by atoms with Gasteiger partial charge in [-0.2, -0.15) is 4.31 Å². The number of hydrogen-bond acceptors (Lipinski definition) is 8. The van der Waals surface area contributed by atoms with Crippen molar-refractivity contribution in [3.8, 4) is 10.8 Å². The van der Waals surface area contributed by atoms with Crippen LogP contribution < -0.4 is 5.32 Å². The molecular formula is C22H27N5O4S2. The summed E-state index contributed by atoms with van der Waals surface area (Å²) in [7, 11) is -3.47. The van der Waals surface area contributed by atoms with E-state index in [-0.39, 0.29) is 17.3 Å². The lowest BCUT2D eigenvalue weighted by atomic mass is 10.3. The summed E-state index contributed by atoms with van der Waals surface area (Å²) in [5.41, 5.74) is 0.551. The molecule has 0 spiro atoms. The van der Waals surface area contributed by atoms with Crippen LogP contribution in [0.5, 0.6) is 0 Å². The molecule has 176 valence electrons. The number of benzene rings is 1. The van der Waals surface area contributed by atoms with Crippen LogP contribution in [0.4, 0.5) is 5.69 Å². The first kappa shape index (κ1) is 23.6. The summed E-state index contributed by atoms with van der Waals surface area (Å²) >= 11 is 1.53. The van der Waals surface area contributed by atoms with Crippen LogP contribution in [0.15, 0.2) is 51.1 Å². The number of carbonyl (C=O) groups excluding carboxylic acids is 1. The average Bonchev–Trinajstić information content (AvgIpc) is 3.56. The van der Waals surface area contributed by atoms with E-state index in [0.717, 1.165) is 24.1 Å². The number of anilines is 1. The summed E-state index contributed by atoms with van der Waals surface area (Å²) in [4.78, 5) is 15.7. The largest absolute Gasteiger partial charge is 0.419 e. The zero-order valence-electron chi connectivity index (χ0n) is 18.4. The third-order valence-corrected chi connectivity index (χ3v) is 8.08. The molecule has 1 saturated heterocycles. The predicted octanol–water partition coefficient (Wildman–Crippen LogP) is 3.43. The van der Waals surface area contributed by atoms with Gasteiger partial charge in [-0.25, -0.2) is 8.42 Å². The van der Waals surface area contributed by atoms with Crippen molar-refractivity contribution < 1.29 is 17.6 Å². The minimum absolute atomic E-state index is 0.151. The van der Waals surface area contributed by atoms with Crippen LogP contribution in [0, 0.1) is 0 Å². The van der Waals surface area contributed by atoms with Crippen molar-refractivity contribution in [3.63, 3.8) is 0 Å². The molecule has 9 nitrogen and oxygen atoms in total. The second-order valence-corrected chi connectivity index (χ2v) is 10.8. The fourth-order valence-corrected chi connectivity index (χ4v) is 5.89. The summed E-state index contributed by atoms with van der Waals surface area (Å²) in [5.74, 6) is 0.734. The van der Waals surface area contributed by atoms with Gasteiger partial charge in [0.2, 0.25) is 21.8 Å². The molecule has 0 aliphatic carbocycles. The highest BCUT2D eigenvalue weighted by Crippen LogP contribution is 2.24. The van der Waals surface area contributed by atoms with E-state index in [0.29, 0.717) is 43.6 Å². The standard InChI is InChI=1S/C22H27N5O4S2/c1-2-11-26(16-21-24-25-22(31-21)19-6-5-14-32-19)15-20(28)23-17-7-9-18(10-8-17)33(29,30)27-12-3-4-13-27/h5-10,14H,2-4,11-13,15-16H2,1H3,(H,23,28). The van der Waals surface area contributed by atoms with Gasteiger partial charge in [-0.3, -0.25) is 9.69 Å². The van der Waals surface area contributed by atoms with Gasteiger partial charge in [0.15, 0.2) is 0 Å². The Labute approximate surface area is 197 Å². The number of nitrogens with zero attached hydrogens (tertiary/aromatic N) is 4. The topological polar surface area (TPSA) is 109 Å². The van der Waals surface area contributed by atoms with E-state index >= 15 is 0 Å². The van der Waals surface area contributed by atoms with E-state index in [1.165, 1.54) is 27.8 Å². The van der Waals surface area contributed by atoms with Crippen LogP contribution >= 0.6 is 11.3 Å². The maximum Gasteiger partial charge on any atom is 0.257 e. The number of sulfonamides is 1. The Balaban J connectivity index is 1.35. The van der Waals surface area contributed by atoms with E-state index in [1.807, 2.05) is 29.3 Å². The van der Waals surface area contributed by atoms with Gasteiger partial charge in [0.05, 0.1) is 22.9 Å². The molecule has 3 heterocycles. The SMILES string of the molecule is CCCN(CC(=O)Nc1ccc(S(=O)(=O)N2CCCC2)cc1)Cc1nnc(-c2cccs2)o1. The van der Waals surface area contributed by atoms with Crippen molar-refractivity contribution in [2.75, 3.05) is 31.5 Å². The normalized spacial score (nSPS) is 14.7. The molecule has 0 unspecified atom stereocenters. The number of aromatic nitrogens is 2. The molecule has 4 rings (SSSR count). The highest BCUT2D eigenvalue weighted by atomic mass is 32.2. The van der Waals surface area contributed by atoms with E-state index in [1.54, 1.807) is 12.1 Å². The van der Waals surface area contributed by atoms with Gasteiger partial charge < -0.3 is 9.73 Å². The van der Waals surface area contributed by atoms with Gasteiger partial charge in [-0.05, 0) is 61.5 Å². The zero-order chi connectivity index (χ0) is 23.3. The van der Waals surface area contributed by atoms with Crippen molar-refractivity contribution in [1.82, 2.24) is 19.4 Å². The van der Waals surface area contributed by atoms with Gasteiger partial charge in [-0.15, -0.1) is 21.5 Å². The smallest absolute Gasteiger partial charge is 0.257 e. The molecule has 2 aromatic heterocycles. The molecule has 1 fully saturated rings. The summed E-state index contributed by atoms with van der Waals surface area (Å²) in [6, 6.07) is 10.2. The highest BCUT2D eigenvalue weighted by Gasteiger charge is 2.27. The first-order chi connectivity index (χ1) is 16.0. The molecule has 1 aliphatic heterocycles. The molecule has 0 saturated carbocycles. The summed E-state index contributed by atoms with van der Waals surface area (Å²) < 4.78 is 32.5. The lowest BCUT2D eigenvalue weighted by Crippen LogP contribution is -2.33. The Morgan fingerprint density at radius 2 is 1.94 bits per heavy atom. The number of hydrogen-bond donors (Lipinski definition) is 1. The Bertz CT molecular complexity index is 1150. The Morgan fingerprint density at radius 1 is 1.18 bits per heavy atom. The van der Waals surface area contributed by atoms with Crippen LogP contribution in [0.2, 0.25) is 0 Å². The van der Waals surface area contributed by atoms with Gasteiger partial charge in [0.1, 0.15) is 0 Å². The summed E-state index contributed by atoms with van der Waals surface area (Å²) in [6.45, 7) is 4.36. The second kappa shape index (κ2) is 10.6. The first-order valence-corrected chi connectivity index (χ1v) is 13.3. The van der Waals surface area contributed by atoms with E-state index in [4.69, 9.17) is 4.42 Å². The molecule has 11 heteroatoms. The maximum atomic E-state index is 12.6. The maximum absolute atomic E-state index is 12.6. The third kappa shape index (κ3) is 5.85. The fourth-order valence-electron chi connectivity index (χ4n) is 3.73. The molecule has 0 atom stereocenters. The quantitative estimate of drug-likeness (QED) is 0.465. The highest BCUT2D eigenvalue weighted by molar-refractivity contribution is 7.89. The van der Waals surface area contributed by atoms with Crippen LogP contribution in [0.1, 0.15) is 32.1 Å². The Morgan fingerprint density at radius 3 is 2.61 bits per heavy atom. The van der Waals surface area contributed by atoms with Crippen molar-refractivity contribution in [3.05, 3.63) is 47.7 Å². The van der Waals surface area contributed by atoms with Crippen LogP contribution in [0.3, 0.4) is 0 Å². The number of rotatable bonds is 10. The number of nitrogens with one attached hydrogen (secondary N) is 1. The van der Waals surface area contributed by atoms with Gasteiger partial charge in [0, 0.05) is 18.8 Å². The molecule has 1 aliphatic rings. The minimum atomic E-state index is -3.47. The molecule has 0 bridgehead atoms. The Hall–Kier alpha value is -2.60. The number of amides is 1. The average molecular weight is 490 g/mol. The minimum Gasteiger partial charge on any atom is -0.419 e. The molecule has 1 aromatic carbocycles. The molecule has 33 heavy (non-hydrogen) atoms. The van der Waals surface area contributed by atoms with Crippen molar-refractivity contribution in [2.24, 2.45) is 0 Å². The first-order valence-electron chi connectivity index (χ1n) is 10.9. The third-order valence-electron chi connectivity index (χ3n) is 5.31. The van der Waals surface area contributed by atoms with E-state index < -0.39 is 10.0 Å². The zero-order valence-corrected chi connectivity index (χ0v) is 20.1. The number of carbonyl (C=O) groups is 1.